The van der Waals surface area contributed by atoms with E-state index >= 15 is 0 Å². The van der Waals surface area contributed by atoms with Crippen LogP contribution in [-0.4, -0.2) is 24.5 Å². The lowest BCUT2D eigenvalue weighted by atomic mass is 9.96. The van der Waals surface area contributed by atoms with Gasteiger partial charge in [-0.1, -0.05) is 72.8 Å². The summed E-state index contributed by atoms with van der Waals surface area (Å²) in [5, 5.41) is 0. The van der Waals surface area contributed by atoms with Gasteiger partial charge in [0, 0.05) is 31.9 Å². The van der Waals surface area contributed by atoms with Crippen molar-refractivity contribution in [2.45, 2.75) is 19.0 Å². The summed E-state index contributed by atoms with van der Waals surface area (Å²) >= 11 is 0. The van der Waals surface area contributed by atoms with Crippen molar-refractivity contribution in [3.05, 3.63) is 101 Å². The van der Waals surface area contributed by atoms with Crippen LogP contribution in [0, 0.1) is 0 Å². The molecular formula is C24H24N2. The second-order valence-corrected chi connectivity index (χ2v) is 7.43. The highest BCUT2D eigenvalue weighted by atomic mass is 15.3. The largest absolute Gasteiger partial charge is 0.362 e. The van der Waals surface area contributed by atoms with E-state index in [2.05, 4.69) is 88.7 Å². The summed E-state index contributed by atoms with van der Waals surface area (Å²) in [6, 6.07) is 29.3. The predicted molar refractivity (Wildman–Crippen MR) is 107 cm³/mol. The molecule has 3 aromatic carbocycles. The Morgan fingerprint density at radius 3 is 2.35 bits per heavy atom. The highest BCUT2D eigenvalue weighted by Crippen LogP contribution is 2.39. The van der Waals surface area contributed by atoms with Gasteiger partial charge in [-0.25, -0.2) is 0 Å². The van der Waals surface area contributed by atoms with Crippen molar-refractivity contribution < 1.29 is 0 Å². The maximum Gasteiger partial charge on any atom is 0.0673 e. The second kappa shape index (κ2) is 6.62. The van der Waals surface area contributed by atoms with E-state index in [1.807, 2.05) is 0 Å². The molecule has 0 aromatic heterocycles. The predicted octanol–water partition coefficient (Wildman–Crippen LogP) is 4.65. The summed E-state index contributed by atoms with van der Waals surface area (Å²) in [6.07, 6.45) is 1.04. The van der Waals surface area contributed by atoms with Crippen molar-refractivity contribution in [3.63, 3.8) is 0 Å². The lowest BCUT2D eigenvalue weighted by Crippen LogP contribution is -2.48. The second-order valence-electron chi connectivity index (χ2n) is 7.43. The Kier molecular flexibility index (Phi) is 3.99. The molecule has 2 aliphatic rings. The molecule has 0 N–H and O–H groups in total. The average molecular weight is 340 g/mol. The summed E-state index contributed by atoms with van der Waals surface area (Å²) in [6.45, 7) is 4.32. The van der Waals surface area contributed by atoms with Crippen molar-refractivity contribution in [1.29, 1.82) is 0 Å². The number of anilines is 1. The Balaban J connectivity index is 1.50. The molecule has 0 aliphatic carbocycles. The van der Waals surface area contributed by atoms with E-state index in [0.717, 1.165) is 32.6 Å². The van der Waals surface area contributed by atoms with Crippen molar-refractivity contribution in [2.75, 3.05) is 24.5 Å². The number of nitrogens with zero attached hydrogens (tertiary/aromatic N) is 2. The third kappa shape index (κ3) is 2.81. The summed E-state index contributed by atoms with van der Waals surface area (Å²) in [4.78, 5) is 5.25. The zero-order valence-electron chi connectivity index (χ0n) is 15.0. The molecule has 1 saturated heterocycles. The average Bonchev–Trinajstić information content (AvgIpc) is 2.83. The number of rotatable bonds is 2. The highest BCUT2D eigenvalue weighted by molar-refractivity contribution is 5.60. The van der Waals surface area contributed by atoms with Crippen LogP contribution in [0.15, 0.2) is 78.9 Å². The molecule has 2 heteroatoms. The van der Waals surface area contributed by atoms with Gasteiger partial charge in [0.1, 0.15) is 0 Å². The van der Waals surface area contributed by atoms with Crippen LogP contribution in [0.2, 0.25) is 0 Å². The van der Waals surface area contributed by atoms with E-state index in [-0.39, 0.29) is 0 Å². The Labute approximate surface area is 155 Å². The van der Waals surface area contributed by atoms with Gasteiger partial charge >= 0.3 is 0 Å². The number of piperazine rings is 1. The van der Waals surface area contributed by atoms with Gasteiger partial charge in [-0.05, 0) is 34.7 Å². The van der Waals surface area contributed by atoms with Crippen molar-refractivity contribution >= 4 is 5.69 Å². The van der Waals surface area contributed by atoms with Crippen LogP contribution in [0.1, 0.15) is 28.3 Å². The molecule has 0 saturated carbocycles. The first kappa shape index (κ1) is 15.7. The summed E-state index contributed by atoms with van der Waals surface area (Å²) < 4.78 is 0. The quantitative estimate of drug-likeness (QED) is 0.670. The summed E-state index contributed by atoms with van der Waals surface area (Å²) in [7, 11) is 0. The van der Waals surface area contributed by atoms with Gasteiger partial charge in [0.25, 0.3) is 0 Å². The third-order valence-electron chi connectivity index (χ3n) is 5.81. The van der Waals surface area contributed by atoms with Gasteiger partial charge in [-0.2, -0.15) is 0 Å². The normalized spacial score (nSPS) is 19.2. The van der Waals surface area contributed by atoms with Crippen molar-refractivity contribution in [1.82, 2.24) is 4.90 Å². The molecule has 0 unspecified atom stereocenters. The molecule has 26 heavy (non-hydrogen) atoms. The number of hydrogen-bond donors (Lipinski definition) is 0. The minimum Gasteiger partial charge on any atom is -0.362 e. The van der Waals surface area contributed by atoms with Crippen LogP contribution >= 0.6 is 0 Å². The topological polar surface area (TPSA) is 6.48 Å². The number of fused-ring (bicyclic) bond motifs is 5. The summed E-state index contributed by atoms with van der Waals surface area (Å²) in [5.74, 6) is 0. The number of hydrogen-bond acceptors (Lipinski definition) is 2. The zero-order valence-corrected chi connectivity index (χ0v) is 15.0. The molecule has 0 amide bonds. The molecular weight excluding hydrogens is 316 g/mol. The molecule has 0 radical (unpaired) electrons. The highest BCUT2D eigenvalue weighted by Gasteiger charge is 2.32. The Bertz CT molecular complexity index is 903. The van der Waals surface area contributed by atoms with Gasteiger partial charge in [0.2, 0.25) is 0 Å². The van der Waals surface area contributed by atoms with E-state index in [0.29, 0.717) is 6.04 Å². The van der Waals surface area contributed by atoms with Crippen LogP contribution in [-0.2, 0) is 13.0 Å². The zero-order chi connectivity index (χ0) is 17.3. The van der Waals surface area contributed by atoms with E-state index < -0.39 is 0 Å². The van der Waals surface area contributed by atoms with E-state index in [1.165, 1.54) is 27.9 Å². The fraction of sp³-hybridized carbons (Fsp3) is 0.250. The molecule has 130 valence electrons. The molecule has 0 bridgehead atoms. The maximum atomic E-state index is 2.64. The fourth-order valence-corrected chi connectivity index (χ4v) is 4.55. The minimum absolute atomic E-state index is 0.437. The number of benzene rings is 3. The number of para-hydroxylation sites is 1. The lowest BCUT2D eigenvalue weighted by Gasteiger charge is -2.43. The van der Waals surface area contributed by atoms with Crippen LogP contribution in [0.25, 0.3) is 0 Å². The van der Waals surface area contributed by atoms with Crippen molar-refractivity contribution in [3.8, 4) is 0 Å². The van der Waals surface area contributed by atoms with Gasteiger partial charge in [-0.3, -0.25) is 4.90 Å². The van der Waals surface area contributed by atoms with Crippen LogP contribution in [0.3, 0.4) is 0 Å². The smallest absolute Gasteiger partial charge is 0.0673 e. The SMILES string of the molecule is c1ccc(CN2CCN3c4ccccc4Cc4ccccc4[C@@H]3C2)cc1. The Morgan fingerprint density at radius 2 is 1.46 bits per heavy atom. The molecule has 2 aliphatic heterocycles. The molecule has 2 nitrogen and oxygen atoms in total. The minimum atomic E-state index is 0.437. The molecule has 5 rings (SSSR count). The molecule has 2 heterocycles. The van der Waals surface area contributed by atoms with Crippen LogP contribution in [0.4, 0.5) is 5.69 Å². The van der Waals surface area contributed by atoms with Crippen LogP contribution < -0.4 is 4.90 Å². The van der Waals surface area contributed by atoms with Gasteiger partial charge in [0.15, 0.2) is 0 Å². The van der Waals surface area contributed by atoms with Gasteiger partial charge in [0.05, 0.1) is 6.04 Å². The monoisotopic (exact) mass is 340 g/mol. The van der Waals surface area contributed by atoms with Gasteiger partial charge < -0.3 is 4.90 Å². The molecule has 1 fully saturated rings. The van der Waals surface area contributed by atoms with Crippen molar-refractivity contribution in [2.24, 2.45) is 0 Å². The first-order valence-corrected chi connectivity index (χ1v) is 9.57. The Morgan fingerprint density at radius 1 is 0.731 bits per heavy atom. The standard InChI is InChI=1S/C24H24N2/c1-2-8-19(9-3-1)17-25-14-15-26-23-13-7-5-11-21(23)16-20-10-4-6-12-22(20)24(26)18-25/h1-13,24H,14-18H2/t24-/m0/s1. The first-order valence-electron chi connectivity index (χ1n) is 9.57. The molecule has 0 spiro atoms. The first-order chi connectivity index (χ1) is 12.9. The van der Waals surface area contributed by atoms with E-state index in [4.69, 9.17) is 0 Å². The maximum absolute atomic E-state index is 2.64. The van der Waals surface area contributed by atoms with E-state index in [1.54, 1.807) is 0 Å². The fourth-order valence-electron chi connectivity index (χ4n) is 4.55. The third-order valence-corrected chi connectivity index (χ3v) is 5.81. The van der Waals surface area contributed by atoms with Gasteiger partial charge in [-0.15, -0.1) is 0 Å². The Hall–Kier alpha value is -2.58. The molecule has 3 aromatic rings. The molecule has 1 atom stereocenters. The van der Waals surface area contributed by atoms with E-state index in [9.17, 15) is 0 Å². The lowest BCUT2D eigenvalue weighted by molar-refractivity contribution is 0.215. The van der Waals surface area contributed by atoms with Crippen LogP contribution in [0.5, 0.6) is 0 Å². The summed E-state index contributed by atoms with van der Waals surface area (Å²) in [5.41, 5.74) is 7.27.